The van der Waals surface area contributed by atoms with Gasteiger partial charge in [-0.2, -0.15) is 0 Å². The first kappa shape index (κ1) is 36.6. The number of amides is 5. The van der Waals surface area contributed by atoms with Gasteiger partial charge in [0.2, 0.25) is 11.8 Å². The number of ether oxygens (including phenoxy) is 2. The van der Waals surface area contributed by atoms with E-state index in [0.717, 1.165) is 37.2 Å². The van der Waals surface area contributed by atoms with Crippen molar-refractivity contribution < 1.29 is 38.3 Å². The number of hydroxylamine groups is 2. The lowest BCUT2D eigenvalue weighted by Gasteiger charge is -2.29. The molecule has 0 saturated heterocycles. The molecule has 2 atom stereocenters. The second-order valence-electron chi connectivity index (χ2n) is 10.7. The summed E-state index contributed by atoms with van der Waals surface area (Å²) in [4.78, 5) is 70.1. The molecule has 14 heteroatoms. The van der Waals surface area contributed by atoms with E-state index in [-0.39, 0.29) is 51.0 Å². The quantitative estimate of drug-likeness (QED) is 0.233. The summed E-state index contributed by atoms with van der Waals surface area (Å²) in [5, 5.41) is 9.44. The summed E-state index contributed by atoms with van der Waals surface area (Å²) in [6.45, 7) is 2.31. The molecule has 0 spiro atoms. The first-order chi connectivity index (χ1) is 21.0. The molecule has 246 valence electrons. The van der Waals surface area contributed by atoms with Crippen LogP contribution in [-0.2, 0) is 35.3 Å². The van der Waals surface area contributed by atoms with Crippen LogP contribution in [0.25, 0.3) is 0 Å². The second kappa shape index (κ2) is 19.6. The van der Waals surface area contributed by atoms with Gasteiger partial charge in [-0.25, -0.2) is 14.7 Å². The molecular formula is C30H46ClN5O8. The summed E-state index contributed by atoms with van der Waals surface area (Å²) in [6.07, 6.45) is 4.05. The molecule has 0 heterocycles. The monoisotopic (exact) mass is 639 g/mol. The van der Waals surface area contributed by atoms with Crippen LogP contribution < -0.4 is 16.0 Å². The van der Waals surface area contributed by atoms with Crippen molar-refractivity contribution >= 4 is 41.5 Å². The number of halogens is 1. The van der Waals surface area contributed by atoms with Gasteiger partial charge in [0.05, 0.1) is 13.7 Å². The molecule has 0 bridgehead atoms. The SMILES string of the molecule is CCOC(=O)NCCN(C)C(=O)CC[C@@H](NC(=O)[C@@H](CC1CCCCC1)NC(=O)OCc1cccc(Cl)c1)C(=O)N(C)OC. The van der Waals surface area contributed by atoms with E-state index >= 15 is 0 Å². The number of alkyl carbamates (subject to hydrolysis) is 2. The Kier molecular flexibility index (Phi) is 16.3. The molecule has 5 amide bonds. The number of likely N-dealkylation sites (N-methyl/N-ethyl adjacent to an activating group) is 2. The number of benzene rings is 1. The van der Waals surface area contributed by atoms with Gasteiger partial charge in [-0.1, -0.05) is 55.8 Å². The van der Waals surface area contributed by atoms with Crippen LogP contribution in [0.3, 0.4) is 0 Å². The molecule has 0 aliphatic heterocycles. The van der Waals surface area contributed by atoms with Crippen LogP contribution in [0.1, 0.15) is 63.9 Å². The smallest absolute Gasteiger partial charge is 0.408 e. The van der Waals surface area contributed by atoms with Crippen molar-refractivity contribution in [1.29, 1.82) is 0 Å². The zero-order valence-electron chi connectivity index (χ0n) is 26.1. The first-order valence-corrected chi connectivity index (χ1v) is 15.4. The van der Waals surface area contributed by atoms with Crippen LogP contribution in [0.5, 0.6) is 0 Å². The zero-order valence-corrected chi connectivity index (χ0v) is 26.8. The molecule has 1 aromatic rings. The largest absolute Gasteiger partial charge is 0.450 e. The van der Waals surface area contributed by atoms with Gasteiger partial charge < -0.3 is 30.3 Å². The molecule has 1 aliphatic carbocycles. The fourth-order valence-corrected chi connectivity index (χ4v) is 5.09. The molecular weight excluding hydrogens is 594 g/mol. The van der Waals surface area contributed by atoms with E-state index < -0.39 is 36.1 Å². The first-order valence-electron chi connectivity index (χ1n) is 15.0. The van der Waals surface area contributed by atoms with Crippen LogP contribution in [0, 0.1) is 5.92 Å². The van der Waals surface area contributed by atoms with E-state index in [4.69, 9.17) is 25.9 Å². The number of carbonyl (C=O) groups excluding carboxylic acids is 5. The minimum atomic E-state index is -1.10. The fraction of sp³-hybridized carbons (Fsp3) is 0.633. The number of nitrogens with zero attached hydrogens (tertiary/aromatic N) is 2. The van der Waals surface area contributed by atoms with Gasteiger partial charge in [0.1, 0.15) is 18.7 Å². The van der Waals surface area contributed by atoms with Crippen molar-refractivity contribution in [3.05, 3.63) is 34.9 Å². The maximum absolute atomic E-state index is 13.6. The number of carbonyl (C=O) groups is 5. The van der Waals surface area contributed by atoms with Crippen molar-refractivity contribution in [2.75, 3.05) is 40.9 Å². The van der Waals surface area contributed by atoms with E-state index in [9.17, 15) is 24.0 Å². The summed E-state index contributed by atoms with van der Waals surface area (Å²) >= 11 is 6.02. The summed E-state index contributed by atoms with van der Waals surface area (Å²) in [5.74, 6) is -1.18. The Balaban J connectivity index is 2.06. The van der Waals surface area contributed by atoms with Gasteiger partial charge >= 0.3 is 12.2 Å². The molecule has 3 N–H and O–H groups in total. The zero-order chi connectivity index (χ0) is 32.5. The van der Waals surface area contributed by atoms with Gasteiger partial charge in [-0.15, -0.1) is 0 Å². The number of hydrogen-bond donors (Lipinski definition) is 3. The average molecular weight is 640 g/mol. The van der Waals surface area contributed by atoms with Crippen LogP contribution in [0.15, 0.2) is 24.3 Å². The Morgan fingerprint density at radius 3 is 2.39 bits per heavy atom. The van der Waals surface area contributed by atoms with Gasteiger partial charge in [-0.05, 0) is 43.4 Å². The summed E-state index contributed by atoms with van der Waals surface area (Å²) in [5.41, 5.74) is 0.695. The summed E-state index contributed by atoms with van der Waals surface area (Å²) < 4.78 is 10.2. The van der Waals surface area contributed by atoms with Crippen LogP contribution in [-0.4, -0.2) is 92.9 Å². The third-order valence-corrected chi connectivity index (χ3v) is 7.66. The van der Waals surface area contributed by atoms with E-state index in [1.807, 2.05) is 0 Å². The molecule has 2 rings (SSSR count). The highest BCUT2D eigenvalue weighted by Gasteiger charge is 2.31. The normalized spacial score (nSPS) is 14.5. The van der Waals surface area contributed by atoms with Crippen LogP contribution in [0.2, 0.25) is 5.02 Å². The molecule has 1 aliphatic rings. The predicted molar refractivity (Wildman–Crippen MR) is 163 cm³/mol. The van der Waals surface area contributed by atoms with Crippen molar-refractivity contribution in [1.82, 2.24) is 25.9 Å². The Hall–Kier alpha value is -3.58. The summed E-state index contributed by atoms with van der Waals surface area (Å²) in [6, 6.07) is 4.85. The number of rotatable bonds is 16. The summed E-state index contributed by atoms with van der Waals surface area (Å²) in [7, 11) is 4.29. The standard InChI is InChI=1S/C30H46ClN5O8/c1-5-43-29(40)32-16-17-35(2)26(37)15-14-24(28(39)36(3)42-4)33-27(38)25(19-21-10-7-6-8-11-21)34-30(41)44-20-22-12-9-13-23(31)18-22/h9,12-13,18,21,24-25H,5-8,10-11,14-17,19-20H2,1-4H3,(H,32,40)(H,33,38)(H,34,41)/t24-,25-/m1/s1. The molecule has 0 radical (unpaired) electrons. The van der Waals surface area contributed by atoms with E-state index in [1.165, 1.54) is 19.1 Å². The Labute approximate surface area is 264 Å². The molecule has 44 heavy (non-hydrogen) atoms. The average Bonchev–Trinajstić information content (AvgIpc) is 3.01. The maximum Gasteiger partial charge on any atom is 0.408 e. The number of nitrogens with one attached hydrogen (secondary N) is 3. The van der Waals surface area contributed by atoms with Crippen molar-refractivity contribution in [3.8, 4) is 0 Å². The lowest BCUT2D eigenvalue weighted by atomic mass is 9.84. The third kappa shape index (κ3) is 13.4. The topological polar surface area (TPSA) is 156 Å². The Bertz CT molecular complexity index is 1100. The lowest BCUT2D eigenvalue weighted by molar-refractivity contribution is -0.172. The fourth-order valence-electron chi connectivity index (χ4n) is 4.88. The molecule has 0 aromatic heterocycles. The highest BCUT2D eigenvalue weighted by Crippen LogP contribution is 2.27. The molecule has 1 fully saturated rings. The highest BCUT2D eigenvalue weighted by atomic mass is 35.5. The maximum atomic E-state index is 13.6. The van der Waals surface area contributed by atoms with Crippen molar-refractivity contribution in [2.45, 2.75) is 77.0 Å². The van der Waals surface area contributed by atoms with Crippen LogP contribution >= 0.6 is 11.6 Å². The van der Waals surface area contributed by atoms with E-state index in [1.54, 1.807) is 38.2 Å². The van der Waals surface area contributed by atoms with E-state index in [0.29, 0.717) is 17.0 Å². The lowest BCUT2D eigenvalue weighted by Crippen LogP contribution is -2.54. The molecule has 0 unspecified atom stereocenters. The van der Waals surface area contributed by atoms with Crippen molar-refractivity contribution in [2.24, 2.45) is 5.92 Å². The Morgan fingerprint density at radius 1 is 1.00 bits per heavy atom. The number of hydrogen-bond acceptors (Lipinski definition) is 8. The van der Waals surface area contributed by atoms with Gasteiger partial charge in [0.25, 0.3) is 5.91 Å². The predicted octanol–water partition coefficient (Wildman–Crippen LogP) is 3.39. The van der Waals surface area contributed by atoms with E-state index in [2.05, 4.69) is 16.0 Å². The minimum Gasteiger partial charge on any atom is -0.450 e. The Morgan fingerprint density at radius 2 is 1.73 bits per heavy atom. The van der Waals surface area contributed by atoms with Gasteiger partial charge in [0.15, 0.2) is 0 Å². The van der Waals surface area contributed by atoms with Crippen LogP contribution in [0.4, 0.5) is 9.59 Å². The minimum absolute atomic E-state index is 0.0118. The van der Waals surface area contributed by atoms with Gasteiger partial charge in [0, 0.05) is 38.6 Å². The van der Waals surface area contributed by atoms with Crippen molar-refractivity contribution in [3.63, 3.8) is 0 Å². The molecule has 1 saturated carbocycles. The van der Waals surface area contributed by atoms with Gasteiger partial charge in [-0.3, -0.25) is 19.2 Å². The second-order valence-corrected chi connectivity index (χ2v) is 11.2. The molecule has 13 nitrogen and oxygen atoms in total. The third-order valence-electron chi connectivity index (χ3n) is 7.42. The highest BCUT2D eigenvalue weighted by molar-refractivity contribution is 6.30. The molecule has 1 aromatic carbocycles.